The molecule has 0 bridgehead atoms. The molecule has 27 heavy (non-hydrogen) atoms. The third-order valence-corrected chi connectivity index (χ3v) is 5.44. The van der Waals surface area contributed by atoms with E-state index in [-0.39, 0.29) is 11.4 Å². The van der Waals surface area contributed by atoms with Gasteiger partial charge >= 0.3 is 0 Å². The minimum atomic E-state index is -0.197. The number of fused-ring (bicyclic) bond motifs is 2. The van der Waals surface area contributed by atoms with Gasteiger partial charge in [-0.1, -0.05) is 24.3 Å². The third-order valence-electron chi connectivity index (χ3n) is 5.44. The predicted molar refractivity (Wildman–Crippen MR) is 105 cm³/mol. The Morgan fingerprint density at radius 2 is 1.96 bits per heavy atom. The Morgan fingerprint density at radius 1 is 1.19 bits per heavy atom. The molecule has 6 nitrogen and oxygen atoms in total. The van der Waals surface area contributed by atoms with E-state index in [0.29, 0.717) is 18.0 Å². The highest BCUT2D eigenvalue weighted by molar-refractivity contribution is 5.91. The number of carbonyl (C=O) groups is 1. The van der Waals surface area contributed by atoms with Crippen LogP contribution < -0.4 is 5.32 Å². The molecular formula is C21H25N5O. The Bertz CT molecular complexity index is 991. The molecule has 0 spiro atoms. The zero-order valence-electron chi connectivity index (χ0n) is 16.1. The Labute approximate surface area is 159 Å². The molecular weight excluding hydrogens is 338 g/mol. The number of amides is 1. The third kappa shape index (κ3) is 3.45. The molecule has 0 atom stereocenters. The van der Waals surface area contributed by atoms with Crippen LogP contribution in [0.15, 0.2) is 42.6 Å². The molecule has 0 fully saturated rings. The Morgan fingerprint density at radius 3 is 2.78 bits per heavy atom. The van der Waals surface area contributed by atoms with E-state index in [0.717, 1.165) is 25.1 Å². The maximum atomic E-state index is 12.7. The van der Waals surface area contributed by atoms with E-state index in [1.165, 1.54) is 11.1 Å². The van der Waals surface area contributed by atoms with Gasteiger partial charge in [0.2, 0.25) is 5.82 Å². The van der Waals surface area contributed by atoms with Crippen LogP contribution in [0.1, 0.15) is 41.2 Å². The summed E-state index contributed by atoms with van der Waals surface area (Å²) in [6.45, 7) is 8.79. The maximum Gasteiger partial charge on any atom is 0.289 e. The molecule has 1 amide bonds. The molecule has 140 valence electrons. The standard InChI is InChI=1S/C21H25N5O/c1-15-8-11-26-18(12-15)23-24-19(26)20(27)22-14-21(2,3)25-10-9-16-6-4-5-7-17(16)13-25/h4-8,11-12H,9-10,13-14H2,1-3H3,(H,22,27). The lowest BCUT2D eigenvalue weighted by Crippen LogP contribution is -2.53. The molecule has 0 aliphatic carbocycles. The fourth-order valence-corrected chi connectivity index (χ4v) is 3.65. The fourth-order valence-electron chi connectivity index (χ4n) is 3.65. The summed E-state index contributed by atoms with van der Waals surface area (Å²) >= 11 is 0. The van der Waals surface area contributed by atoms with Crippen molar-refractivity contribution in [3.05, 3.63) is 65.1 Å². The highest BCUT2D eigenvalue weighted by atomic mass is 16.2. The first-order chi connectivity index (χ1) is 12.9. The number of carbonyl (C=O) groups excluding carboxylic acids is 1. The van der Waals surface area contributed by atoms with Crippen LogP contribution in [-0.2, 0) is 13.0 Å². The van der Waals surface area contributed by atoms with E-state index >= 15 is 0 Å². The number of hydrogen-bond acceptors (Lipinski definition) is 4. The van der Waals surface area contributed by atoms with Crippen molar-refractivity contribution < 1.29 is 4.79 Å². The summed E-state index contributed by atoms with van der Waals surface area (Å²) in [5, 5.41) is 11.2. The van der Waals surface area contributed by atoms with Gasteiger partial charge in [-0.05, 0) is 56.0 Å². The zero-order chi connectivity index (χ0) is 19.0. The van der Waals surface area contributed by atoms with Gasteiger partial charge in [0, 0.05) is 31.4 Å². The summed E-state index contributed by atoms with van der Waals surface area (Å²) in [6, 6.07) is 12.5. The monoisotopic (exact) mass is 363 g/mol. The molecule has 1 N–H and O–H groups in total. The minimum absolute atomic E-state index is 0.153. The SMILES string of the molecule is Cc1ccn2c(C(=O)NCC(C)(C)N3CCc4ccccc4C3)nnc2c1. The van der Waals surface area contributed by atoms with Gasteiger partial charge in [0.1, 0.15) is 0 Å². The molecule has 2 aromatic heterocycles. The molecule has 0 unspecified atom stereocenters. The molecule has 6 heteroatoms. The van der Waals surface area contributed by atoms with Gasteiger partial charge < -0.3 is 5.32 Å². The van der Waals surface area contributed by atoms with E-state index in [4.69, 9.17) is 0 Å². The van der Waals surface area contributed by atoms with Crippen LogP contribution >= 0.6 is 0 Å². The summed E-state index contributed by atoms with van der Waals surface area (Å²) < 4.78 is 1.73. The minimum Gasteiger partial charge on any atom is -0.347 e. The Kier molecular flexibility index (Phi) is 4.44. The first-order valence-electron chi connectivity index (χ1n) is 9.35. The number of pyridine rings is 1. The van der Waals surface area contributed by atoms with Gasteiger partial charge in [-0.25, -0.2) is 0 Å². The topological polar surface area (TPSA) is 62.5 Å². The van der Waals surface area contributed by atoms with Crippen LogP contribution in [0.25, 0.3) is 5.65 Å². The second-order valence-electron chi connectivity index (χ2n) is 7.89. The molecule has 0 saturated heterocycles. The quantitative estimate of drug-likeness (QED) is 0.774. The summed E-state index contributed by atoms with van der Waals surface area (Å²) in [4.78, 5) is 15.1. The molecule has 3 heterocycles. The number of nitrogens with one attached hydrogen (secondary N) is 1. The molecule has 0 radical (unpaired) electrons. The highest BCUT2D eigenvalue weighted by Crippen LogP contribution is 2.25. The average molecular weight is 363 g/mol. The van der Waals surface area contributed by atoms with Gasteiger partial charge in [-0.15, -0.1) is 10.2 Å². The lowest BCUT2D eigenvalue weighted by atomic mass is 9.94. The highest BCUT2D eigenvalue weighted by Gasteiger charge is 2.30. The second kappa shape index (κ2) is 6.78. The van der Waals surface area contributed by atoms with E-state index in [1.807, 2.05) is 25.3 Å². The van der Waals surface area contributed by atoms with Crippen LogP contribution in [0.2, 0.25) is 0 Å². The van der Waals surface area contributed by atoms with Crippen LogP contribution in [0.3, 0.4) is 0 Å². The molecule has 1 aliphatic heterocycles. The molecule has 1 aromatic carbocycles. The predicted octanol–water partition coefficient (Wildman–Crippen LogP) is 2.60. The van der Waals surface area contributed by atoms with Crippen molar-refractivity contribution in [2.45, 2.75) is 39.3 Å². The van der Waals surface area contributed by atoms with Gasteiger partial charge in [0.25, 0.3) is 5.91 Å². The number of benzene rings is 1. The van der Waals surface area contributed by atoms with Crippen molar-refractivity contribution in [3.63, 3.8) is 0 Å². The van der Waals surface area contributed by atoms with Crippen molar-refractivity contribution in [2.75, 3.05) is 13.1 Å². The molecule has 0 saturated carbocycles. The molecule has 4 rings (SSSR count). The van der Waals surface area contributed by atoms with E-state index < -0.39 is 0 Å². The normalized spacial score (nSPS) is 14.9. The molecule has 3 aromatic rings. The van der Waals surface area contributed by atoms with Crippen LogP contribution in [0.4, 0.5) is 0 Å². The summed E-state index contributed by atoms with van der Waals surface area (Å²) in [5.74, 6) is 0.127. The summed E-state index contributed by atoms with van der Waals surface area (Å²) in [7, 11) is 0. The van der Waals surface area contributed by atoms with Crippen molar-refractivity contribution in [2.24, 2.45) is 0 Å². The lowest BCUT2D eigenvalue weighted by molar-refractivity contribution is 0.0817. The number of rotatable bonds is 4. The zero-order valence-corrected chi connectivity index (χ0v) is 16.1. The van der Waals surface area contributed by atoms with Gasteiger partial charge in [0.05, 0.1) is 0 Å². The number of aryl methyl sites for hydroxylation is 1. The Balaban J connectivity index is 1.45. The molecule has 1 aliphatic rings. The number of aromatic nitrogens is 3. The van der Waals surface area contributed by atoms with Crippen LogP contribution in [-0.4, -0.2) is 44.0 Å². The largest absolute Gasteiger partial charge is 0.347 e. The average Bonchev–Trinajstić information content (AvgIpc) is 3.09. The number of hydrogen-bond donors (Lipinski definition) is 1. The van der Waals surface area contributed by atoms with E-state index in [2.05, 4.69) is 58.5 Å². The van der Waals surface area contributed by atoms with Crippen molar-refractivity contribution in [3.8, 4) is 0 Å². The van der Waals surface area contributed by atoms with Crippen LogP contribution in [0, 0.1) is 6.92 Å². The Hall–Kier alpha value is -2.73. The van der Waals surface area contributed by atoms with Crippen molar-refractivity contribution in [1.82, 2.24) is 24.8 Å². The first-order valence-corrected chi connectivity index (χ1v) is 9.35. The summed E-state index contributed by atoms with van der Waals surface area (Å²) in [6.07, 6.45) is 2.88. The first kappa shape index (κ1) is 17.7. The maximum absolute atomic E-state index is 12.7. The van der Waals surface area contributed by atoms with Crippen LogP contribution in [0.5, 0.6) is 0 Å². The van der Waals surface area contributed by atoms with Crippen molar-refractivity contribution >= 4 is 11.6 Å². The van der Waals surface area contributed by atoms with Gasteiger partial charge in [0.15, 0.2) is 5.65 Å². The van der Waals surface area contributed by atoms with E-state index in [1.54, 1.807) is 4.40 Å². The lowest BCUT2D eigenvalue weighted by Gasteiger charge is -2.41. The fraction of sp³-hybridized carbons (Fsp3) is 0.381. The van der Waals surface area contributed by atoms with Crippen molar-refractivity contribution in [1.29, 1.82) is 0 Å². The smallest absolute Gasteiger partial charge is 0.289 e. The van der Waals surface area contributed by atoms with Gasteiger partial charge in [-0.2, -0.15) is 0 Å². The number of nitrogens with zero attached hydrogens (tertiary/aromatic N) is 4. The van der Waals surface area contributed by atoms with Gasteiger partial charge in [-0.3, -0.25) is 14.1 Å². The second-order valence-corrected chi connectivity index (χ2v) is 7.89. The van der Waals surface area contributed by atoms with E-state index in [9.17, 15) is 4.79 Å². The summed E-state index contributed by atoms with van der Waals surface area (Å²) in [5.41, 5.74) is 4.43.